The predicted molar refractivity (Wildman–Crippen MR) is 83.7 cm³/mol. The average Bonchev–Trinajstić information content (AvgIpc) is 2.10. The van der Waals surface area contributed by atoms with Crippen molar-refractivity contribution in [3.8, 4) is 0 Å². The molecule has 0 bridgehead atoms. The number of ether oxygens (including phenoxy) is 2. The van der Waals surface area contributed by atoms with Gasteiger partial charge in [0.25, 0.3) is 0 Å². The number of hydrogen-bond acceptors (Lipinski definition) is 3. The minimum atomic E-state index is -0.478. The van der Waals surface area contributed by atoms with E-state index in [2.05, 4.69) is 20.8 Å². The van der Waals surface area contributed by atoms with E-state index in [1.807, 2.05) is 41.5 Å². The van der Waals surface area contributed by atoms with E-state index >= 15 is 0 Å². The predicted octanol–water partition coefficient (Wildman–Crippen LogP) is 4.59. The van der Waals surface area contributed by atoms with Crippen LogP contribution in [0.5, 0.6) is 0 Å². The summed E-state index contributed by atoms with van der Waals surface area (Å²) in [5.74, 6) is -0.182. The molecule has 0 fully saturated rings. The fourth-order valence-corrected chi connectivity index (χ4v) is 2.03. The highest BCUT2D eigenvalue weighted by Gasteiger charge is 2.28. The fraction of sp³-hybridized carbons (Fsp3) is 0.941. The Hall–Kier alpha value is -0.570. The van der Waals surface area contributed by atoms with Gasteiger partial charge in [0, 0.05) is 6.42 Å². The van der Waals surface area contributed by atoms with Crippen LogP contribution in [0.3, 0.4) is 0 Å². The molecule has 0 radical (unpaired) electrons. The number of rotatable bonds is 6. The zero-order valence-electron chi connectivity index (χ0n) is 14.9. The molecular weight excluding hydrogens is 252 g/mol. The average molecular weight is 286 g/mol. The highest BCUT2D eigenvalue weighted by Crippen LogP contribution is 2.27. The molecule has 0 aromatic carbocycles. The Morgan fingerprint density at radius 2 is 1.50 bits per heavy atom. The van der Waals surface area contributed by atoms with Gasteiger partial charge in [0.15, 0.2) is 0 Å². The maximum Gasteiger partial charge on any atom is 0.309 e. The van der Waals surface area contributed by atoms with Crippen LogP contribution in [0.2, 0.25) is 0 Å². The van der Waals surface area contributed by atoms with Gasteiger partial charge in [-0.05, 0) is 46.5 Å². The van der Waals surface area contributed by atoms with Gasteiger partial charge in [-0.15, -0.1) is 0 Å². The van der Waals surface area contributed by atoms with Crippen LogP contribution in [0.15, 0.2) is 0 Å². The van der Waals surface area contributed by atoms with Crippen molar-refractivity contribution in [3.63, 3.8) is 0 Å². The molecule has 1 unspecified atom stereocenters. The maximum atomic E-state index is 12.1. The van der Waals surface area contributed by atoms with E-state index in [1.54, 1.807) is 0 Å². The van der Waals surface area contributed by atoms with Crippen LogP contribution in [0, 0.1) is 11.3 Å². The Balaban J connectivity index is 4.28. The molecule has 0 saturated heterocycles. The van der Waals surface area contributed by atoms with Gasteiger partial charge >= 0.3 is 5.97 Å². The Morgan fingerprint density at radius 3 is 1.90 bits per heavy atom. The second kappa shape index (κ2) is 6.93. The van der Waals surface area contributed by atoms with Gasteiger partial charge in [-0.2, -0.15) is 0 Å². The lowest BCUT2D eigenvalue weighted by atomic mass is 9.85. The van der Waals surface area contributed by atoms with Crippen molar-refractivity contribution in [2.75, 3.05) is 6.61 Å². The minimum absolute atomic E-state index is 0.0715. The minimum Gasteiger partial charge on any atom is -0.459 e. The highest BCUT2D eigenvalue weighted by molar-refractivity contribution is 5.72. The van der Waals surface area contributed by atoms with Crippen molar-refractivity contribution in [1.82, 2.24) is 0 Å². The van der Waals surface area contributed by atoms with Gasteiger partial charge in [0.1, 0.15) is 5.60 Å². The second-order valence-electron chi connectivity index (χ2n) is 8.56. The summed E-state index contributed by atoms with van der Waals surface area (Å²) in [6.45, 7) is 18.9. The van der Waals surface area contributed by atoms with Crippen LogP contribution in [-0.4, -0.2) is 23.8 Å². The number of carbonyl (C=O) groups is 1. The first kappa shape index (κ1) is 19.4. The third kappa shape index (κ3) is 10.2. The SMILES string of the molecule is CC(CC(C)(C)C)C(=O)OC(C)(C)CCOC(C)(C)C. The Bertz CT molecular complexity index is 305. The molecule has 0 amide bonds. The molecule has 0 aliphatic carbocycles. The van der Waals surface area contributed by atoms with E-state index in [9.17, 15) is 4.79 Å². The zero-order valence-corrected chi connectivity index (χ0v) is 14.9. The summed E-state index contributed by atoms with van der Waals surface area (Å²) < 4.78 is 11.3. The van der Waals surface area contributed by atoms with Gasteiger partial charge in [0.05, 0.1) is 18.1 Å². The Kier molecular flexibility index (Phi) is 6.73. The smallest absolute Gasteiger partial charge is 0.309 e. The van der Waals surface area contributed by atoms with Crippen molar-refractivity contribution in [3.05, 3.63) is 0 Å². The van der Waals surface area contributed by atoms with Crippen molar-refractivity contribution in [2.24, 2.45) is 11.3 Å². The molecule has 0 aliphatic rings. The van der Waals surface area contributed by atoms with Gasteiger partial charge in [-0.3, -0.25) is 4.79 Å². The first-order valence-corrected chi connectivity index (χ1v) is 7.59. The zero-order chi connectivity index (χ0) is 16.2. The lowest BCUT2D eigenvalue weighted by Crippen LogP contribution is -2.34. The summed E-state index contributed by atoms with van der Waals surface area (Å²) in [7, 11) is 0. The molecule has 0 aromatic heterocycles. The summed E-state index contributed by atoms with van der Waals surface area (Å²) in [6, 6.07) is 0. The lowest BCUT2D eigenvalue weighted by molar-refractivity contribution is -0.164. The van der Waals surface area contributed by atoms with Gasteiger partial charge in [-0.1, -0.05) is 27.7 Å². The van der Waals surface area contributed by atoms with Crippen LogP contribution >= 0.6 is 0 Å². The fourth-order valence-electron chi connectivity index (χ4n) is 2.03. The second-order valence-corrected chi connectivity index (χ2v) is 8.56. The quantitative estimate of drug-likeness (QED) is 0.670. The maximum absolute atomic E-state index is 12.1. The first-order chi connectivity index (χ1) is 8.72. The van der Waals surface area contributed by atoms with Crippen LogP contribution in [0.1, 0.15) is 75.2 Å². The topological polar surface area (TPSA) is 35.5 Å². The number of esters is 1. The molecule has 20 heavy (non-hydrogen) atoms. The van der Waals surface area contributed by atoms with E-state index in [0.29, 0.717) is 13.0 Å². The van der Waals surface area contributed by atoms with E-state index in [4.69, 9.17) is 9.47 Å². The van der Waals surface area contributed by atoms with Gasteiger partial charge < -0.3 is 9.47 Å². The summed E-state index contributed by atoms with van der Waals surface area (Å²) in [5, 5.41) is 0. The van der Waals surface area contributed by atoms with Gasteiger partial charge in [-0.25, -0.2) is 0 Å². The van der Waals surface area contributed by atoms with Gasteiger partial charge in [0.2, 0.25) is 0 Å². The van der Waals surface area contributed by atoms with Crippen LogP contribution in [0.25, 0.3) is 0 Å². The van der Waals surface area contributed by atoms with Crippen molar-refractivity contribution < 1.29 is 14.3 Å². The molecular formula is C17H34O3. The molecule has 120 valence electrons. The monoisotopic (exact) mass is 286 g/mol. The molecule has 0 heterocycles. The van der Waals surface area contributed by atoms with Crippen LogP contribution in [0.4, 0.5) is 0 Å². The van der Waals surface area contributed by atoms with E-state index in [0.717, 1.165) is 6.42 Å². The third-order valence-electron chi connectivity index (χ3n) is 2.94. The summed E-state index contributed by atoms with van der Waals surface area (Å²) in [4.78, 5) is 12.1. The first-order valence-electron chi connectivity index (χ1n) is 7.59. The molecule has 0 aromatic rings. The summed E-state index contributed by atoms with van der Waals surface area (Å²) in [5.41, 5.74) is -0.494. The Labute approximate surface area is 125 Å². The molecule has 0 spiro atoms. The Morgan fingerprint density at radius 1 is 1.00 bits per heavy atom. The van der Waals surface area contributed by atoms with E-state index in [1.165, 1.54) is 0 Å². The highest BCUT2D eigenvalue weighted by atomic mass is 16.6. The van der Waals surface area contributed by atoms with E-state index < -0.39 is 5.60 Å². The standard InChI is InChI=1S/C17H34O3/c1-13(12-15(2,3)4)14(18)20-17(8,9)10-11-19-16(5,6)7/h13H,10-12H2,1-9H3. The summed E-state index contributed by atoms with van der Waals surface area (Å²) >= 11 is 0. The number of carbonyl (C=O) groups excluding carboxylic acids is 1. The molecule has 0 aliphatic heterocycles. The van der Waals surface area contributed by atoms with Crippen LogP contribution in [-0.2, 0) is 14.3 Å². The normalized spacial score (nSPS) is 15.1. The molecule has 0 saturated carbocycles. The van der Waals surface area contributed by atoms with Crippen molar-refractivity contribution in [2.45, 2.75) is 86.4 Å². The molecule has 0 N–H and O–H groups in total. The summed E-state index contributed by atoms with van der Waals surface area (Å²) in [6.07, 6.45) is 1.54. The lowest BCUT2D eigenvalue weighted by Gasteiger charge is -2.30. The van der Waals surface area contributed by atoms with Crippen LogP contribution < -0.4 is 0 Å². The number of hydrogen-bond donors (Lipinski definition) is 0. The largest absolute Gasteiger partial charge is 0.459 e. The molecule has 0 rings (SSSR count). The molecule has 3 nitrogen and oxygen atoms in total. The molecule has 1 atom stereocenters. The molecule has 3 heteroatoms. The van der Waals surface area contributed by atoms with E-state index in [-0.39, 0.29) is 22.9 Å². The van der Waals surface area contributed by atoms with Crippen molar-refractivity contribution in [1.29, 1.82) is 0 Å². The van der Waals surface area contributed by atoms with Crippen molar-refractivity contribution >= 4 is 5.97 Å². The third-order valence-corrected chi connectivity index (χ3v) is 2.94.